The van der Waals surface area contributed by atoms with Gasteiger partial charge in [-0.1, -0.05) is 17.7 Å². The minimum absolute atomic E-state index is 0.619. The summed E-state index contributed by atoms with van der Waals surface area (Å²) in [6, 6.07) is 8.31. The van der Waals surface area contributed by atoms with Crippen LogP contribution in [0.4, 0.5) is 0 Å². The van der Waals surface area contributed by atoms with Crippen LogP contribution in [0.15, 0.2) is 23.1 Å². The number of fused-ring (bicyclic) bond motifs is 1. The molecule has 1 aliphatic heterocycles. The van der Waals surface area contributed by atoms with Crippen molar-refractivity contribution >= 4 is 11.8 Å². The highest BCUT2D eigenvalue weighted by Crippen LogP contribution is 2.38. The second-order valence-corrected chi connectivity index (χ2v) is 5.81. The van der Waals surface area contributed by atoms with Gasteiger partial charge in [-0.2, -0.15) is 0 Å². The summed E-state index contributed by atoms with van der Waals surface area (Å²) in [5, 5.41) is 3.76. The smallest absolute Gasteiger partial charge is 0.0341 e. The van der Waals surface area contributed by atoms with Gasteiger partial charge < -0.3 is 5.32 Å². The Labute approximate surface area is 95.6 Å². The lowest BCUT2D eigenvalue weighted by atomic mass is 10.0. The molecule has 0 amide bonds. The number of nitrogens with one attached hydrogen (secondary N) is 1. The van der Waals surface area contributed by atoms with Crippen molar-refractivity contribution in [1.82, 2.24) is 5.32 Å². The van der Waals surface area contributed by atoms with E-state index in [-0.39, 0.29) is 0 Å². The minimum atomic E-state index is 0.619. The van der Waals surface area contributed by atoms with Crippen LogP contribution in [-0.2, 0) is 0 Å². The predicted molar refractivity (Wildman–Crippen MR) is 65.4 cm³/mol. The maximum atomic E-state index is 3.76. The van der Waals surface area contributed by atoms with E-state index in [2.05, 4.69) is 30.4 Å². The number of thioether (sulfide) groups is 1. The lowest BCUT2D eigenvalue weighted by Crippen LogP contribution is -2.26. The van der Waals surface area contributed by atoms with Crippen LogP contribution in [0, 0.1) is 6.92 Å². The van der Waals surface area contributed by atoms with Crippen molar-refractivity contribution in [2.24, 2.45) is 0 Å². The molecule has 80 valence electrons. The Balaban J connectivity index is 1.89. The number of rotatable bonds is 2. The molecule has 1 fully saturated rings. The van der Waals surface area contributed by atoms with E-state index in [9.17, 15) is 0 Å². The van der Waals surface area contributed by atoms with Crippen molar-refractivity contribution in [3.63, 3.8) is 0 Å². The van der Waals surface area contributed by atoms with Crippen LogP contribution in [0.2, 0.25) is 0 Å². The Hall–Kier alpha value is -0.470. The monoisotopic (exact) mass is 219 g/mol. The van der Waals surface area contributed by atoms with E-state index in [0.29, 0.717) is 6.04 Å². The van der Waals surface area contributed by atoms with Crippen LogP contribution in [0.1, 0.15) is 36.4 Å². The van der Waals surface area contributed by atoms with Crippen molar-refractivity contribution in [1.29, 1.82) is 0 Å². The third-order valence-corrected chi connectivity index (χ3v) is 4.34. The maximum Gasteiger partial charge on any atom is 0.0341 e. The zero-order chi connectivity index (χ0) is 10.3. The first-order valence-electron chi connectivity index (χ1n) is 5.82. The molecule has 1 unspecified atom stereocenters. The SMILES string of the molecule is Cc1ccc2c(c1)C(NC1CC1)CCS2. The molecular formula is C13H17NS. The average molecular weight is 219 g/mol. The quantitative estimate of drug-likeness (QED) is 0.819. The number of aryl methyl sites for hydroxylation is 1. The topological polar surface area (TPSA) is 12.0 Å². The number of benzene rings is 1. The fourth-order valence-electron chi connectivity index (χ4n) is 2.22. The first kappa shape index (κ1) is 9.73. The first-order valence-corrected chi connectivity index (χ1v) is 6.81. The number of hydrogen-bond acceptors (Lipinski definition) is 2. The molecule has 15 heavy (non-hydrogen) atoms. The van der Waals surface area contributed by atoms with Crippen LogP contribution in [-0.4, -0.2) is 11.8 Å². The van der Waals surface area contributed by atoms with E-state index in [4.69, 9.17) is 0 Å². The highest BCUT2D eigenvalue weighted by Gasteiger charge is 2.28. The van der Waals surface area contributed by atoms with Crippen molar-refractivity contribution in [2.45, 2.75) is 43.2 Å². The van der Waals surface area contributed by atoms with Crippen LogP contribution in [0.5, 0.6) is 0 Å². The molecule has 1 saturated carbocycles. The standard InChI is InChI=1S/C13H17NS/c1-9-2-5-13-11(8-9)12(6-7-15-13)14-10-3-4-10/h2,5,8,10,12,14H,3-4,6-7H2,1H3. The summed E-state index contributed by atoms with van der Waals surface area (Å²) >= 11 is 2.01. The molecule has 3 rings (SSSR count). The summed E-state index contributed by atoms with van der Waals surface area (Å²) in [7, 11) is 0. The van der Waals surface area contributed by atoms with Gasteiger partial charge in [0.15, 0.2) is 0 Å². The third kappa shape index (κ3) is 2.06. The summed E-state index contributed by atoms with van der Waals surface area (Å²) in [5.74, 6) is 1.26. The molecule has 1 aromatic carbocycles. The molecule has 0 aromatic heterocycles. The van der Waals surface area contributed by atoms with E-state index in [1.54, 1.807) is 0 Å². The van der Waals surface area contributed by atoms with E-state index in [0.717, 1.165) is 6.04 Å². The molecule has 1 atom stereocenters. The largest absolute Gasteiger partial charge is 0.307 e. The molecule has 0 radical (unpaired) electrons. The van der Waals surface area contributed by atoms with Crippen LogP contribution >= 0.6 is 11.8 Å². The zero-order valence-corrected chi connectivity index (χ0v) is 9.94. The van der Waals surface area contributed by atoms with E-state index >= 15 is 0 Å². The molecule has 0 bridgehead atoms. The molecule has 1 aromatic rings. The normalized spacial score (nSPS) is 25.0. The van der Waals surface area contributed by atoms with Crippen molar-refractivity contribution in [3.8, 4) is 0 Å². The van der Waals surface area contributed by atoms with Gasteiger partial charge in [0.2, 0.25) is 0 Å². The summed E-state index contributed by atoms with van der Waals surface area (Å²) in [6.45, 7) is 2.19. The molecule has 1 heterocycles. The van der Waals surface area contributed by atoms with Crippen molar-refractivity contribution in [3.05, 3.63) is 29.3 Å². The molecule has 1 aliphatic carbocycles. The molecule has 0 spiro atoms. The first-order chi connectivity index (χ1) is 7.33. The molecule has 2 heteroatoms. The maximum absolute atomic E-state index is 3.76. The fraction of sp³-hybridized carbons (Fsp3) is 0.538. The lowest BCUT2D eigenvalue weighted by Gasteiger charge is -2.26. The Bertz CT molecular complexity index is 371. The molecule has 1 N–H and O–H groups in total. The molecular weight excluding hydrogens is 202 g/mol. The average Bonchev–Trinajstić information content (AvgIpc) is 3.03. The summed E-state index contributed by atoms with van der Waals surface area (Å²) < 4.78 is 0. The summed E-state index contributed by atoms with van der Waals surface area (Å²) in [5.41, 5.74) is 2.93. The number of hydrogen-bond donors (Lipinski definition) is 1. The fourth-order valence-corrected chi connectivity index (χ4v) is 3.33. The van der Waals surface area contributed by atoms with Gasteiger partial charge in [-0.3, -0.25) is 0 Å². The van der Waals surface area contributed by atoms with Gasteiger partial charge in [0.05, 0.1) is 0 Å². The lowest BCUT2D eigenvalue weighted by molar-refractivity contribution is 0.507. The summed E-state index contributed by atoms with van der Waals surface area (Å²) in [6.07, 6.45) is 4.05. The third-order valence-electron chi connectivity index (χ3n) is 3.22. The Morgan fingerprint density at radius 1 is 1.27 bits per heavy atom. The second kappa shape index (κ2) is 3.84. The molecule has 0 saturated heterocycles. The predicted octanol–water partition coefficient (Wildman–Crippen LogP) is 3.28. The van der Waals surface area contributed by atoms with E-state index in [1.165, 1.54) is 41.0 Å². The Morgan fingerprint density at radius 3 is 2.93 bits per heavy atom. The highest BCUT2D eigenvalue weighted by atomic mass is 32.2. The van der Waals surface area contributed by atoms with Crippen LogP contribution in [0.25, 0.3) is 0 Å². The van der Waals surface area contributed by atoms with Crippen molar-refractivity contribution < 1.29 is 0 Å². The van der Waals surface area contributed by atoms with Gasteiger partial charge >= 0.3 is 0 Å². The summed E-state index contributed by atoms with van der Waals surface area (Å²) in [4.78, 5) is 1.49. The van der Waals surface area contributed by atoms with Gasteiger partial charge in [-0.15, -0.1) is 11.8 Å². The Morgan fingerprint density at radius 2 is 2.13 bits per heavy atom. The highest BCUT2D eigenvalue weighted by molar-refractivity contribution is 7.99. The Kier molecular flexibility index (Phi) is 2.49. The zero-order valence-electron chi connectivity index (χ0n) is 9.12. The minimum Gasteiger partial charge on any atom is -0.307 e. The van der Waals surface area contributed by atoms with E-state index < -0.39 is 0 Å². The van der Waals surface area contributed by atoms with Gasteiger partial charge in [0, 0.05) is 17.0 Å². The van der Waals surface area contributed by atoms with E-state index in [1.807, 2.05) is 11.8 Å². The second-order valence-electron chi connectivity index (χ2n) is 4.67. The van der Waals surface area contributed by atoms with Crippen molar-refractivity contribution in [2.75, 3.05) is 5.75 Å². The van der Waals surface area contributed by atoms with Crippen LogP contribution in [0.3, 0.4) is 0 Å². The van der Waals surface area contributed by atoms with Crippen LogP contribution < -0.4 is 5.32 Å². The van der Waals surface area contributed by atoms with Gasteiger partial charge in [-0.25, -0.2) is 0 Å². The molecule has 1 nitrogen and oxygen atoms in total. The van der Waals surface area contributed by atoms with Gasteiger partial charge in [-0.05, 0) is 43.6 Å². The van der Waals surface area contributed by atoms with Gasteiger partial charge in [0.1, 0.15) is 0 Å². The van der Waals surface area contributed by atoms with Gasteiger partial charge in [0.25, 0.3) is 0 Å². The molecule has 2 aliphatic rings.